The van der Waals surface area contributed by atoms with E-state index in [1.165, 1.54) is 25.9 Å². The molecule has 4 heteroatoms. The summed E-state index contributed by atoms with van der Waals surface area (Å²) in [5.41, 5.74) is 0. The zero-order valence-corrected chi connectivity index (χ0v) is 8.48. The second-order valence-electron chi connectivity index (χ2n) is 4.31. The largest absolute Gasteiger partial charge is 0.480 e. The SMILES string of the molecule is O=C(O)CN1CCC(N2CCCC2)C1. The van der Waals surface area contributed by atoms with Gasteiger partial charge in [0.1, 0.15) is 0 Å². The zero-order chi connectivity index (χ0) is 9.97. The predicted molar refractivity (Wildman–Crippen MR) is 53.3 cm³/mol. The number of nitrogens with zero attached hydrogens (tertiary/aromatic N) is 2. The van der Waals surface area contributed by atoms with Crippen molar-refractivity contribution in [2.75, 3.05) is 32.7 Å². The molecule has 1 unspecified atom stereocenters. The van der Waals surface area contributed by atoms with E-state index in [1.807, 2.05) is 4.90 Å². The van der Waals surface area contributed by atoms with E-state index in [-0.39, 0.29) is 6.54 Å². The highest BCUT2D eigenvalue weighted by Gasteiger charge is 2.29. The topological polar surface area (TPSA) is 43.8 Å². The van der Waals surface area contributed by atoms with Crippen molar-refractivity contribution in [2.24, 2.45) is 0 Å². The predicted octanol–water partition coefficient (Wildman–Crippen LogP) is 0.241. The Morgan fingerprint density at radius 3 is 2.64 bits per heavy atom. The van der Waals surface area contributed by atoms with Gasteiger partial charge < -0.3 is 5.11 Å². The lowest BCUT2D eigenvalue weighted by Crippen LogP contribution is -2.36. The first kappa shape index (κ1) is 9.93. The number of hydrogen-bond donors (Lipinski definition) is 1. The van der Waals surface area contributed by atoms with E-state index >= 15 is 0 Å². The molecule has 4 nitrogen and oxygen atoms in total. The van der Waals surface area contributed by atoms with E-state index in [4.69, 9.17) is 5.11 Å². The molecule has 2 rings (SSSR count). The molecular formula is C10H18N2O2. The summed E-state index contributed by atoms with van der Waals surface area (Å²) in [6.07, 6.45) is 3.78. The first-order valence-electron chi connectivity index (χ1n) is 5.44. The van der Waals surface area contributed by atoms with Gasteiger partial charge in [-0.3, -0.25) is 14.6 Å². The summed E-state index contributed by atoms with van der Waals surface area (Å²) in [6.45, 7) is 4.54. The molecular weight excluding hydrogens is 180 g/mol. The van der Waals surface area contributed by atoms with Crippen molar-refractivity contribution in [1.82, 2.24) is 9.80 Å². The van der Waals surface area contributed by atoms with Crippen LogP contribution in [0.25, 0.3) is 0 Å². The van der Waals surface area contributed by atoms with Gasteiger partial charge in [-0.2, -0.15) is 0 Å². The molecule has 2 heterocycles. The number of likely N-dealkylation sites (tertiary alicyclic amines) is 2. The highest BCUT2D eigenvalue weighted by atomic mass is 16.4. The van der Waals surface area contributed by atoms with Crippen molar-refractivity contribution in [2.45, 2.75) is 25.3 Å². The van der Waals surface area contributed by atoms with Crippen LogP contribution in [-0.2, 0) is 4.79 Å². The number of rotatable bonds is 3. The molecule has 0 bridgehead atoms. The molecule has 2 saturated heterocycles. The number of carbonyl (C=O) groups is 1. The minimum absolute atomic E-state index is 0.213. The Morgan fingerprint density at radius 1 is 1.29 bits per heavy atom. The average molecular weight is 198 g/mol. The molecule has 0 aliphatic carbocycles. The zero-order valence-electron chi connectivity index (χ0n) is 8.48. The minimum atomic E-state index is -0.702. The highest BCUT2D eigenvalue weighted by molar-refractivity contribution is 5.69. The number of aliphatic carboxylic acids is 1. The van der Waals surface area contributed by atoms with Gasteiger partial charge in [0.25, 0.3) is 0 Å². The van der Waals surface area contributed by atoms with Crippen LogP contribution in [-0.4, -0.2) is 59.6 Å². The van der Waals surface area contributed by atoms with Crippen molar-refractivity contribution in [3.63, 3.8) is 0 Å². The van der Waals surface area contributed by atoms with Gasteiger partial charge in [0.2, 0.25) is 0 Å². The first-order chi connectivity index (χ1) is 6.75. The van der Waals surface area contributed by atoms with Crippen LogP contribution < -0.4 is 0 Å². The summed E-state index contributed by atoms with van der Waals surface area (Å²) in [5.74, 6) is -0.702. The summed E-state index contributed by atoms with van der Waals surface area (Å²) in [5, 5.41) is 8.67. The Kier molecular flexibility index (Phi) is 3.03. The summed E-state index contributed by atoms with van der Waals surface area (Å²) in [6, 6.07) is 0.622. The molecule has 1 atom stereocenters. The molecule has 2 aliphatic heterocycles. The van der Waals surface area contributed by atoms with Crippen LogP contribution in [0, 0.1) is 0 Å². The van der Waals surface area contributed by atoms with Gasteiger partial charge in [-0.05, 0) is 32.4 Å². The fourth-order valence-electron chi connectivity index (χ4n) is 2.55. The van der Waals surface area contributed by atoms with Crippen molar-refractivity contribution in [3.05, 3.63) is 0 Å². The lowest BCUT2D eigenvalue weighted by Gasteiger charge is -2.23. The molecule has 0 aromatic heterocycles. The highest BCUT2D eigenvalue weighted by Crippen LogP contribution is 2.19. The number of hydrogen-bond acceptors (Lipinski definition) is 3. The Morgan fingerprint density at radius 2 is 2.00 bits per heavy atom. The van der Waals surface area contributed by atoms with Crippen LogP contribution >= 0.6 is 0 Å². The Balaban J connectivity index is 1.78. The maximum absolute atomic E-state index is 10.5. The third-order valence-corrected chi connectivity index (χ3v) is 3.26. The van der Waals surface area contributed by atoms with E-state index in [9.17, 15) is 4.79 Å². The van der Waals surface area contributed by atoms with Gasteiger partial charge in [0.15, 0.2) is 0 Å². The van der Waals surface area contributed by atoms with Crippen LogP contribution in [0.1, 0.15) is 19.3 Å². The maximum atomic E-state index is 10.5. The van der Waals surface area contributed by atoms with E-state index in [0.717, 1.165) is 19.5 Å². The fourth-order valence-corrected chi connectivity index (χ4v) is 2.55. The smallest absolute Gasteiger partial charge is 0.317 e. The van der Waals surface area contributed by atoms with Gasteiger partial charge in [-0.15, -0.1) is 0 Å². The molecule has 1 N–H and O–H groups in total. The second-order valence-corrected chi connectivity index (χ2v) is 4.31. The Hall–Kier alpha value is -0.610. The van der Waals surface area contributed by atoms with Crippen LogP contribution in [0.5, 0.6) is 0 Å². The Labute approximate surface area is 84.5 Å². The molecule has 0 spiro atoms. The minimum Gasteiger partial charge on any atom is -0.480 e. The average Bonchev–Trinajstić information content (AvgIpc) is 2.69. The van der Waals surface area contributed by atoms with E-state index in [2.05, 4.69) is 4.90 Å². The molecule has 0 aromatic rings. The van der Waals surface area contributed by atoms with Crippen LogP contribution in [0.2, 0.25) is 0 Å². The van der Waals surface area contributed by atoms with Gasteiger partial charge >= 0.3 is 5.97 Å². The van der Waals surface area contributed by atoms with Crippen molar-refractivity contribution in [3.8, 4) is 0 Å². The quantitative estimate of drug-likeness (QED) is 0.705. The molecule has 0 saturated carbocycles. The standard InChI is InChI=1S/C10H18N2O2/c13-10(14)8-11-6-3-9(7-11)12-4-1-2-5-12/h9H,1-8H2,(H,13,14). The lowest BCUT2D eigenvalue weighted by molar-refractivity contribution is -0.138. The molecule has 2 fully saturated rings. The molecule has 14 heavy (non-hydrogen) atoms. The summed E-state index contributed by atoms with van der Waals surface area (Å²) < 4.78 is 0. The molecule has 0 radical (unpaired) electrons. The molecule has 80 valence electrons. The fraction of sp³-hybridized carbons (Fsp3) is 0.900. The van der Waals surface area contributed by atoms with Gasteiger partial charge in [-0.25, -0.2) is 0 Å². The Bertz CT molecular complexity index is 214. The van der Waals surface area contributed by atoms with E-state index in [1.54, 1.807) is 0 Å². The van der Waals surface area contributed by atoms with Crippen LogP contribution in [0.3, 0.4) is 0 Å². The third kappa shape index (κ3) is 2.25. The molecule has 0 aromatic carbocycles. The van der Waals surface area contributed by atoms with Crippen LogP contribution in [0.4, 0.5) is 0 Å². The first-order valence-corrected chi connectivity index (χ1v) is 5.44. The van der Waals surface area contributed by atoms with Gasteiger partial charge in [0, 0.05) is 19.1 Å². The molecule has 0 amide bonds. The summed E-state index contributed by atoms with van der Waals surface area (Å²) in [4.78, 5) is 15.1. The van der Waals surface area contributed by atoms with Crippen molar-refractivity contribution >= 4 is 5.97 Å². The maximum Gasteiger partial charge on any atom is 0.317 e. The lowest BCUT2D eigenvalue weighted by atomic mass is 10.2. The van der Waals surface area contributed by atoms with Gasteiger partial charge in [-0.1, -0.05) is 0 Å². The normalized spacial score (nSPS) is 29.9. The monoisotopic (exact) mass is 198 g/mol. The summed E-state index contributed by atoms with van der Waals surface area (Å²) >= 11 is 0. The van der Waals surface area contributed by atoms with Crippen molar-refractivity contribution in [1.29, 1.82) is 0 Å². The third-order valence-electron chi connectivity index (χ3n) is 3.26. The van der Waals surface area contributed by atoms with Gasteiger partial charge in [0.05, 0.1) is 6.54 Å². The second kappa shape index (κ2) is 4.28. The van der Waals surface area contributed by atoms with Crippen LogP contribution in [0.15, 0.2) is 0 Å². The number of carboxylic acid groups (broad SMARTS) is 1. The molecule has 2 aliphatic rings. The van der Waals surface area contributed by atoms with Crippen molar-refractivity contribution < 1.29 is 9.90 Å². The summed E-state index contributed by atoms with van der Waals surface area (Å²) in [7, 11) is 0. The van der Waals surface area contributed by atoms with E-state index in [0.29, 0.717) is 6.04 Å². The number of carboxylic acids is 1. The van der Waals surface area contributed by atoms with E-state index < -0.39 is 5.97 Å².